The maximum atomic E-state index is 12.1. The molecule has 9 heteroatoms. The molecule has 6 nitrogen and oxygen atoms in total. The lowest BCUT2D eigenvalue weighted by atomic mass is 10.3. The maximum absolute atomic E-state index is 12.1. The third kappa shape index (κ3) is 2.87. The van der Waals surface area contributed by atoms with E-state index in [0.717, 1.165) is 28.1 Å². The average molecular weight is 369 g/mol. The van der Waals surface area contributed by atoms with Crippen LogP contribution in [0.15, 0.2) is 22.6 Å². The third-order valence-electron chi connectivity index (χ3n) is 3.69. The molecule has 1 aliphatic heterocycles. The summed E-state index contributed by atoms with van der Waals surface area (Å²) in [7, 11) is 0. The number of ether oxygens (including phenoxy) is 1. The highest BCUT2D eigenvalue weighted by atomic mass is 35.5. The van der Waals surface area contributed by atoms with Crippen molar-refractivity contribution in [3.63, 3.8) is 0 Å². The minimum absolute atomic E-state index is 0.232. The summed E-state index contributed by atoms with van der Waals surface area (Å²) in [5.74, 6) is 0. The number of anilines is 1. The monoisotopic (exact) mass is 368 g/mol. The molecule has 0 unspecified atom stereocenters. The molecule has 1 aliphatic rings. The summed E-state index contributed by atoms with van der Waals surface area (Å²) in [4.78, 5) is 22.9. The van der Waals surface area contributed by atoms with E-state index in [9.17, 15) is 4.79 Å². The van der Waals surface area contributed by atoms with Crippen molar-refractivity contribution in [3.8, 4) is 0 Å². The van der Waals surface area contributed by atoms with Gasteiger partial charge in [0.2, 0.25) is 0 Å². The number of hydrogen-bond acceptors (Lipinski definition) is 7. The van der Waals surface area contributed by atoms with Crippen LogP contribution in [0.2, 0.25) is 4.34 Å². The van der Waals surface area contributed by atoms with E-state index in [-0.39, 0.29) is 5.56 Å². The van der Waals surface area contributed by atoms with E-state index in [1.54, 1.807) is 6.33 Å². The highest BCUT2D eigenvalue weighted by molar-refractivity contribution is 7.22. The molecule has 3 aromatic rings. The minimum Gasteiger partial charge on any atom is -0.378 e. The lowest BCUT2D eigenvalue weighted by molar-refractivity contribution is 0.122. The van der Waals surface area contributed by atoms with E-state index in [1.807, 2.05) is 16.0 Å². The Balaban J connectivity index is 1.76. The molecule has 0 amide bonds. The lowest BCUT2D eigenvalue weighted by Gasteiger charge is -2.25. The summed E-state index contributed by atoms with van der Waals surface area (Å²) in [6.45, 7) is 3.50. The summed E-state index contributed by atoms with van der Waals surface area (Å²) in [5, 5.41) is 2.80. The summed E-state index contributed by atoms with van der Waals surface area (Å²) in [6.07, 6.45) is 1.54. The predicted octanol–water partition coefficient (Wildman–Crippen LogP) is 2.45. The molecule has 0 bridgehead atoms. The zero-order valence-electron chi connectivity index (χ0n) is 12.1. The van der Waals surface area contributed by atoms with Crippen molar-refractivity contribution in [1.29, 1.82) is 0 Å². The van der Waals surface area contributed by atoms with E-state index >= 15 is 0 Å². The molecule has 0 aromatic carbocycles. The normalized spacial score (nSPS) is 15.4. The van der Waals surface area contributed by atoms with Gasteiger partial charge in [-0.1, -0.05) is 22.9 Å². The Kier molecular flexibility index (Phi) is 4.06. The maximum Gasteiger partial charge on any atom is 0.292 e. The van der Waals surface area contributed by atoms with Crippen LogP contribution >= 0.6 is 34.3 Å². The smallest absolute Gasteiger partial charge is 0.292 e. The largest absolute Gasteiger partial charge is 0.378 e. The number of halogens is 1. The summed E-state index contributed by atoms with van der Waals surface area (Å²) in [6, 6.07) is 1.98. The molecule has 0 aliphatic carbocycles. The van der Waals surface area contributed by atoms with Gasteiger partial charge in [0.1, 0.15) is 11.0 Å². The van der Waals surface area contributed by atoms with Gasteiger partial charge in [0, 0.05) is 18.7 Å². The highest BCUT2D eigenvalue weighted by Crippen LogP contribution is 2.28. The van der Waals surface area contributed by atoms with Crippen LogP contribution < -0.4 is 10.5 Å². The van der Waals surface area contributed by atoms with E-state index in [1.165, 1.54) is 22.7 Å². The fourth-order valence-corrected chi connectivity index (χ4v) is 4.42. The second-order valence-electron chi connectivity index (χ2n) is 5.15. The van der Waals surface area contributed by atoms with Gasteiger partial charge in [0.25, 0.3) is 5.56 Å². The minimum atomic E-state index is -0.232. The Morgan fingerprint density at radius 1 is 1.35 bits per heavy atom. The molecule has 0 atom stereocenters. The van der Waals surface area contributed by atoms with Crippen LogP contribution in [0.1, 0.15) is 5.56 Å². The van der Waals surface area contributed by atoms with Gasteiger partial charge >= 0.3 is 0 Å². The van der Waals surface area contributed by atoms with Gasteiger partial charge < -0.3 is 14.2 Å². The second-order valence-corrected chi connectivity index (χ2v) is 7.64. The standard InChI is InChI=1S/C14H13ClN4O2S2/c15-11-9(1-6-22-11)7-19-8-16-13(20)10-12(19)17-14(23-10)18-2-4-21-5-3-18/h1,6,8H,2-5,7H2. The van der Waals surface area contributed by atoms with Gasteiger partial charge in [0.05, 0.1) is 24.1 Å². The first-order chi connectivity index (χ1) is 11.2. The predicted molar refractivity (Wildman–Crippen MR) is 93.1 cm³/mol. The molecule has 0 spiro atoms. The van der Waals surface area contributed by atoms with Crippen molar-refractivity contribution in [1.82, 2.24) is 14.5 Å². The Hall–Kier alpha value is -1.48. The van der Waals surface area contributed by atoms with Gasteiger partial charge in [-0.2, -0.15) is 4.98 Å². The summed E-state index contributed by atoms with van der Waals surface area (Å²) >= 11 is 9.07. The zero-order valence-corrected chi connectivity index (χ0v) is 14.5. The van der Waals surface area contributed by atoms with Gasteiger partial charge in [-0.05, 0) is 11.4 Å². The van der Waals surface area contributed by atoms with Gasteiger partial charge in [-0.25, -0.2) is 4.98 Å². The molecule has 23 heavy (non-hydrogen) atoms. The molecule has 0 N–H and O–H groups in total. The van der Waals surface area contributed by atoms with Gasteiger partial charge in [-0.15, -0.1) is 11.3 Å². The van der Waals surface area contributed by atoms with Crippen LogP contribution in [0.3, 0.4) is 0 Å². The Labute approximate surface area is 144 Å². The molecular formula is C14H13ClN4O2S2. The topological polar surface area (TPSA) is 60.2 Å². The number of aromatic nitrogens is 3. The number of morpholine rings is 1. The number of thiazole rings is 1. The van der Waals surface area contributed by atoms with E-state index < -0.39 is 0 Å². The second kappa shape index (κ2) is 6.20. The van der Waals surface area contributed by atoms with Crippen LogP contribution in [0.5, 0.6) is 0 Å². The number of nitrogens with zero attached hydrogens (tertiary/aromatic N) is 4. The molecule has 1 saturated heterocycles. The van der Waals surface area contributed by atoms with Crippen molar-refractivity contribution in [2.45, 2.75) is 6.54 Å². The molecule has 1 fully saturated rings. The van der Waals surface area contributed by atoms with E-state index in [0.29, 0.717) is 30.1 Å². The number of rotatable bonds is 3. The summed E-state index contributed by atoms with van der Waals surface area (Å²) < 4.78 is 8.58. The fourth-order valence-electron chi connectivity index (χ4n) is 2.49. The van der Waals surface area contributed by atoms with E-state index in [2.05, 4.69) is 14.9 Å². The van der Waals surface area contributed by atoms with Crippen molar-refractivity contribution in [2.24, 2.45) is 0 Å². The van der Waals surface area contributed by atoms with Gasteiger partial charge in [0.15, 0.2) is 10.8 Å². The average Bonchev–Trinajstić information content (AvgIpc) is 3.19. The molecule has 3 aromatic heterocycles. The molecule has 0 radical (unpaired) electrons. The molecule has 0 saturated carbocycles. The Morgan fingerprint density at radius 2 is 2.17 bits per heavy atom. The number of thiophene rings is 1. The Bertz CT molecular complexity index is 898. The first-order valence-electron chi connectivity index (χ1n) is 7.13. The van der Waals surface area contributed by atoms with E-state index in [4.69, 9.17) is 16.3 Å². The molecule has 4 rings (SSSR count). The van der Waals surface area contributed by atoms with Crippen LogP contribution in [-0.2, 0) is 11.3 Å². The molecule has 120 valence electrons. The fraction of sp³-hybridized carbons (Fsp3) is 0.357. The lowest BCUT2D eigenvalue weighted by Crippen LogP contribution is -2.36. The Morgan fingerprint density at radius 3 is 2.91 bits per heavy atom. The van der Waals surface area contributed by atoms with Crippen molar-refractivity contribution >= 4 is 49.8 Å². The molecular weight excluding hydrogens is 356 g/mol. The molecule has 4 heterocycles. The van der Waals surface area contributed by atoms with Crippen molar-refractivity contribution in [2.75, 3.05) is 31.2 Å². The SMILES string of the molecule is O=c1ncn(Cc2ccsc2Cl)c2nc(N3CCOCC3)sc12. The first-order valence-corrected chi connectivity index (χ1v) is 9.20. The quantitative estimate of drug-likeness (QED) is 0.710. The van der Waals surface area contributed by atoms with Crippen LogP contribution in [-0.4, -0.2) is 40.8 Å². The summed E-state index contributed by atoms with van der Waals surface area (Å²) in [5.41, 5.74) is 1.44. The number of hydrogen-bond donors (Lipinski definition) is 0. The highest BCUT2D eigenvalue weighted by Gasteiger charge is 2.18. The van der Waals surface area contributed by atoms with Crippen molar-refractivity contribution < 1.29 is 4.74 Å². The first kappa shape index (κ1) is 15.1. The number of fused-ring (bicyclic) bond motifs is 1. The van der Waals surface area contributed by atoms with Crippen LogP contribution in [0, 0.1) is 0 Å². The zero-order chi connectivity index (χ0) is 15.8. The van der Waals surface area contributed by atoms with Gasteiger partial charge in [-0.3, -0.25) is 4.79 Å². The van der Waals surface area contributed by atoms with Crippen LogP contribution in [0.4, 0.5) is 5.13 Å². The van der Waals surface area contributed by atoms with Crippen LogP contribution in [0.25, 0.3) is 10.3 Å². The third-order valence-corrected chi connectivity index (χ3v) is 6.04. The van der Waals surface area contributed by atoms with Crippen molar-refractivity contribution in [3.05, 3.63) is 38.0 Å².